The van der Waals surface area contributed by atoms with Crippen molar-refractivity contribution in [2.75, 3.05) is 29.7 Å². The quantitative estimate of drug-likeness (QED) is 0.783. The maximum atomic E-state index is 4.34. The summed E-state index contributed by atoms with van der Waals surface area (Å²) in [6.07, 6.45) is 5.81. The fourth-order valence-electron chi connectivity index (χ4n) is 1.69. The van der Waals surface area contributed by atoms with Crippen molar-refractivity contribution in [3.63, 3.8) is 0 Å². The van der Waals surface area contributed by atoms with Crippen LogP contribution in [0.1, 0.15) is 25.8 Å². The first-order chi connectivity index (χ1) is 8.22. The largest absolute Gasteiger partial charge is 0.373 e. The van der Waals surface area contributed by atoms with E-state index in [2.05, 4.69) is 40.7 Å². The van der Waals surface area contributed by atoms with Crippen molar-refractivity contribution in [3.05, 3.63) is 11.9 Å². The smallest absolute Gasteiger partial charge is 0.134 e. The summed E-state index contributed by atoms with van der Waals surface area (Å²) >= 11 is 1.87. The molecular formula is C12H22N4S. The highest BCUT2D eigenvalue weighted by Gasteiger charge is 2.10. The number of hydrogen-bond acceptors (Lipinski definition) is 5. The summed E-state index contributed by atoms with van der Waals surface area (Å²) in [6.45, 7) is 4.31. The molecule has 0 spiro atoms. The van der Waals surface area contributed by atoms with E-state index in [4.69, 9.17) is 0 Å². The summed E-state index contributed by atoms with van der Waals surface area (Å²) in [4.78, 5) is 8.57. The van der Waals surface area contributed by atoms with Gasteiger partial charge >= 0.3 is 0 Å². The monoisotopic (exact) mass is 254 g/mol. The van der Waals surface area contributed by atoms with Gasteiger partial charge in [-0.1, -0.05) is 6.92 Å². The number of rotatable bonds is 7. The third-order valence-corrected chi connectivity index (χ3v) is 3.32. The zero-order chi connectivity index (χ0) is 12.7. The fourth-order valence-corrected chi connectivity index (χ4v) is 2.28. The lowest BCUT2D eigenvalue weighted by molar-refractivity contribution is 0.763. The van der Waals surface area contributed by atoms with E-state index in [0.717, 1.165) is 30.0 Å². The Balaban J connectivity index is 2.75. The molecule has 1 unspecified atom stereocenters. The number of nitrogens with one attached hydrogen (secondary N) is 2. The average molecular weight is 254 g/mol. The van der Waals surface area contributed by atoms with Crippen LogP contribution in [0.5, 0.6) is 0 Å². The van der Waals surface area contributed by atoms with Gasteiger partial charge in [-0.2, -0.15) is 11.8 Å². The normalized spacial score (nSPS) is 12.2. The molecule has 0 fully saturated rings. The highest BCUT2D eigenvalue weighted by Crippen LogP contribution is 2.21. The number of aromatic nitrogens is 2. The lowest BCUT2D eigenvalue weighted by atomic mass is 10.2. The standard InChI is InChI=1S/C12H22N4S/c1-5-10-11(13-3)14-8-15-12(10)16-9(2)6-7-17-4/h8-9H,5-7H2,1-4H3,(H2,13,14,15,16). The molecule has 0 aromatic carbocycles. The van der Waals surface area contributed by atoms with Crippen molar-refractivity contribution in [1.82, 2.24) is 9.97 Å². The van der Waals surface area contributed by atoms with Gasteiger partial charge in [0.15, 0.2) is 0 Å². The van der Waals surface area contributed by atoms with Gasteiger partial charge in [-0.25, -0.2) is 9.97 Å². The number of thioether (sulfide) groups is 1. The highest BCUT2D eigenvalue weighted by molar-refractivity contribution is 7.98. The Labute approximate surface area is 108 Å². The molecule has 0 aliphatic heterocycles. The van der Waals surface area contributed by atoms with Crippen molar-refractivity contribution >= 4 is 23.4 Å². The van der Waals surface area contributed by atoms with Crippen LogP contribution in [0.2, 0.25) is 0 Å². The summed E-state index contributed by atoms with van der Waals surface area (Å²) < 4.78 is 0. The number of nitrogens with zero attached hydrogens (tertiary/aromatic N) is 2. The molecule has 1 rings (SSSR count). The molecule has 1 aromatic heterocycles. The van der Waals surface area contributed by atoms with Crippen LogP contribution in [-0.2, 0) is 6.42 Å². The minimum absolute atomic E-state index is 0.437. The zero-order valence-electron chi connectivity index (χ0n) is 11.1. The summed E-state index contributed by atoms with van der Waals surface area (Å²) in [7, 11) is 1.89. The van der Waals surface area contributed by atoms with Crippen LogP contribution >= 0.6 is 11.8 Å². The molecule has 2 N–H and O–H groups in total. The van der Waals surface area contributed by atoms with Crippen LogP contribution in [0.15, 0.2) is 6.33 Å². The molecule has 17 heavy (non-hydrogen) atoms. The predicted octanol–water partition coefficient (Wildman–Crippen LogP) is 2.63. The van der Waals surface area contributed by atoms with Crippen LogP contribution in [0.4, 0.5) is 11.6 Å². The molecule has 0 radical (unpaired) electrons. The minimum Gasteiger partial charge on any atom is -0.373 e. The van der Waals surface area contributed by atoms with E-state index in [1.165, 1.54) is 5.75 Å². The van der Waals surface area contributed by atoms with E-state index >= 15 is 0 Å². The van der Waals surface area contributed by atoms with Crippen molar-refractivity contribution in [2.45, 2.75) is 32.7 Å². The average Bonchev–Trinajstić information content (AvgIpc) is 2.35. The summed E-state index contributed by atoms with van der Waals surface area (Å²) in [5.74, 6) is 3.04. The Morgan fingerprint density at radius 1 is 1.35 bits per heavy atom. The van der Waals surface area contributed by atoms with Gasteiger partial charge in [0, 0.05) is 18.7 Å². The Morgan fingerprint density at radius 2 is 2.06 bits per heavy atom. The fraction of sp³-hybridized carbons (Fsp3) is 0.667. The van der Waals surface area contributed by atoms with Crippen LogP contribution in [0.25, 0.3) is 0 Å². The van der Waals surface area contributed by atoms with Crippen LogP contribution in [-0.4, -0.2) is 35.1 Å². The van der Waals surface area contributed by atoms with Gasteiger partial charge in [-0.15, -0.1) is 0 Å². The Morgan fingerprint density at radius 3 is 2.65 bits per heavy atom. The van der Waals surface area contributed by atoms with E-state index in [-0.39, 0.29) is 0 Å². The minimum atomic E-state index is 0.437. The topological polar surface area (TPSA) is 49.8 Å². The molecule has 0 saturated carbocycles. The third-order valence-electron chi connectivity index (χ3n) is 2.67. The first-order valence-corrected chi connectivity index (χ1v) is 7.39. The lowest BCUT2D eigenvalue weighted by Gasteiger charge is -2.17. The van der Waals surface area contributed by atoms with Crippen molar-refractivity contribution < 1.29 is 0 Å². The first-order valence-electron chi connectivity index (χ1n) is 6.00. The van der Waals surface area contributed by atoms with Gasteiger partial charge in [0.25, 0.3) is 0 Å². The second-order valence-electron chi connectivity index (χ2n) is 3.98. The molecule has 1 atom stereocenters. The zero-order valence-corrected chi connectivity index (χ0v) is 11.9. The van der Waals surface area contributed by atoms with Gasteiger partial charge in [0.2, 0.25) is 0 Å². The summed E-state index contributed by atoms with van der Waals surface area (Å²) in [5, 5.41) is 6.57. The van der Waals surface area contributed by atoms with Gasteiger partial charge in [0.05, 0.1) is 0 Å². The van der Waals surface area contributed by atoms with Gasteiger partial charge in [0.1, 0.15) is 18.0 Å². The molecule has 0 amide bonds. The van der Waals surface area contributed by atoms with Crippen molar-refractivity contribution in [1.29, 1.82) is 0 Å². The van der Waals surface area contributed by atoms with Crippen LogP contribution in [0.3, 0.4) is 0 Å². The van der Waals surface area contributed by atoms with Crippen LogP contribution in [0, 0.1) is 0 Å². The number of hydrogen-bond donors (Lipinski definition) is 2. The molecule has 1 heterocycles. The lowest BCUT2D eigenvalue weighted by Crippen LogP contribution is -2.18. The molecule has 0 aliphatic rings. The van der Waals surface area contributed by atoms with Gasteiger partial charge < -0.3 is 10.6 Å². The molecule has 0 saturated heterocycles. The molecule has 5 heteroatoms. The SMILES string of the molecule is CCc1c(NC)ncnc1NC(C)CCSC. The molecule has 0 aliphatic carbocycles. The molecular weight excluding hydrogens is 232 g/mol. The van der Waals surface area contributed by atoms with E-state index < -0.39 is 0 Å². The van der Waals surface area contributed by atoms with Gasteiger partial charge in [-0.05, 0) is 31.8 Å². The van der Waals surface area contributed by atoms with E-state index in [1.807, 2.05) is 18.8 Å². The number of anilines is 2. The molecule has 1 aromatic rings. The molecule has 4 nitrogen and oxygen atoms in total. The van der Waals surface area contributed by atoms with E-state index in [9.17, 15) is 0 Å². The highest BCUT2D eigenvalue weighted by atomic mass is 32.2. The predicted molar refractivity (Wildman–Crippen MR) is 77.0 cm³/mol. The second-order valence-corrected chi connectivity index (χ2v) is 4.97. The summed E-state index contributed by atoms with van der Waals surface area (Å²) in [6, 6.07) is 0.437. The Hall–Kier alpha value is -0.970. The Bertz CT molecular complexity index is 343. The van der Waals surface area contributed by atoms with E-state index in [0.29, 0.717) is 6.04 Å². The second kappa shape index (κ2) is 7.37. The maximum absolute atomic E-state index is 4.34. The maximum Gasteiger partial charge on any atom is 0.134 e. The summed E-state index contributed by atoms with van der Waals surface area (Å²) in [5.41, 5.74) is 1.16. The third kappa shape index (κ3) is 4.07. The van der Waals surface area contributed by atoms with E-state index in [1.54, 1.807) is 6.33 Å². The first kappa shape index (κ1) is 14.1. The van der Waals surface area contributed by atoms with Gasteiger partial charge in [-0.3, -0.25) is 0 Å². The Kier molecular flexibility index (Phi) is 6.11. The van der Waals surface area contributed by atoms with Crippen LogP contribution < -0.4 is 10.6 Å². The molecule has 96 valence electrons. The van der Waals surface area contributed by atoms with Crippen molar-refractivity contribution in [2.24, 2.45) is 0 Å². The molecule has 0 bridgehead atoms. The van der Waals surface area contributed by atoms with Crippen molar-refractivity contribution in [3.8, 4) is 0 Å².